The van der Waals surface area contributed by atoms with Crippen LogP contribution in [0.25, 0.3) is 0 Å². The summed E-state index contributed by atoms with van der Waals surface area (Å²) in [7, 11) is 0. The molecule has 0 aliphatic rings. The van der Waals surface area contributed by atoms with Crippen molar-refractivity contribution in [1.82, 2.24) is 4.98 Å². The molecular weight excluding hydrogens is 232 g/mol. The third-order valence-corrected chi connectivity index (χ3v) is 2.23. The summed E-state index contributed by atoms with van der Waals surface area (Å²) >= 11 is 0. The van der Waals surface area contributed by atoms with Crippen LogP contribution in [0.15, 0.2) is 18.3 Å². The third kappa shape index (κ3) is 5.63. The van der Waals surface area contributed by atoms with E-state index in [1.807, 2.05) is 0 Å². The lowest BCUT2D eigenvalue weighted by Crippen LogP contribution is -2.09. The third-order valence-electron chi connectivity index (χ3n) is 2.23. The summed E-state index contributed by atoms with van der Waals surface area (Å²) in [5.41, 5.74) is 0.239. The van der Waals surface area contributed by atoms with Crippen molar-refractivity contribution < 1.29 is 14.6 Å². The van der Waals surface area contributed by atoms with Crippen molar-refractivity contribution in [2.24, 2.45) is 5.92 Å². The monoisotopic (exact) mass is 252 g/mol. The number of aromatic carboxylic acids is 1. The topological polar surface area (TPSA) is 71.5 Å². The summed E-state index contributed by atoms with van der Waals surface area (Å²) in [6.07, 6.45) is 2.35. The molecule has 1 heterocycles. The van der Waals surface area contributed by atoms with Gasteiger partial charge in [0, 0.05) is 26.0 Å². The van der Waals surface area contributed by atoms with Crippen LogP contribution in [0.1, 0.15) is 30.6 Å². The molecular formula is C13H20N2O3. The van der Waals surface area contributed by atoms with Crippen molar-refractivity contribution in [3.63, 3.8) is 0 Å². The van der Waals surface area contributed by atoms with Crippen LogP contribution in [0.2, 0.25) is 0 Å². The van der Waals surface area contributed by atoms with Gasteiger partial charge < -0.3 is 15.2 Å². The molecule has 18 heavy (non-hydrogen) atoms. The van der Waals surface area contributed by atoms with Crippen LogP contribution in [-0.4, -0.2) is 35.8 Å². The minimum Gasteiger partial charge on any atom is -0.478 e. The number of nitrogens with zero attached hydrogens (tertiary/aromatic N) is 1. The Bertz CT molecular complexity index is 380. The van der Waals surface area contributed by atoms with Gasteiger partial charge in [-0.1, -0.05) is 13.8 Å². The second kappa shape index (κ2) is 7.66. The number of hydrogen-bond donors (Lipinski definition) is 2. The van der Waals surface area contributed by atoms with Gasteiger partial charge in [-0.25, -0.2) is 9.78 Å². The zero-order valence-corrected chi connectivity index (χ0v) is 10.8. The van der Waals surface area contributed by atoms with E-state index in [1.165, 1.54) is 18.3 Å². The van der Waals surface area contributed by atoms with Gasteiger partial charge in [-0.3, -0.25) is 0 Å². The van der Waals surface area contributed by atoms with E-state index in [2.05, 4.69) is 24.1 Å². The van der Waals surface area contributed by atoms with E-state index in [1.54, 1.807) is 0 Å². The van der Waals surface area contributed by atoms with Crippen LogP contribution in [0, 0.1) is 5.92 Å². The van der Waals surface area contributed by atoms with E-state index in [9.17, 15) is 4.79 Å². The Labute approximate surface area is 107 Å². The number of hydrogen-bond acceptors (Lipinski definition) is 4. The molecule has 0 atom stereocenters. The van der Waals surface area contributed by atoms with E-state index in [-0.39, 0.29) is 5.56 Å². The average molecular weight is 252 g/mol. The highest BCUT2D eigenvalue weighted by Gasteiger charge is 2.03. The average Bonchev–Trinajstić information content (AvgIpc) is 2.33. The van der Waals surface area contributed by atoms with Gasteiger partial charge in [0.15, 0.2) is 0 Å². The van der Waals surface area contributed by atoms with Crippen LogP contribution < -0.4 is 5.32 Å². The van der Waals surface area contributed by atoms with E-state index >= 15 is 0 Å². The first-order valence-electron chi connectivity index (χ1n) is 6.10. The number of carbonyl (C=O) groups is 1. The molecule has 0 amide bonds. The van der Waals surface area contributed by atoms with Gasteiger partial charge in [0.25, 0.3) is 0 Å². The Morgan fingerprint density at radius 1 is 1.56 bits per heavy atom. The largest absolute Gasteiger partial charge is 0.478 e. The zero-order chi connectivity index (χ0) is 13.4. The molecule has 0 aromatic carbocycles. The summed E-state index contributed by atoms with van der Waals surface area (Å²) in [5.74, 6) is 0.186. The molecule has 0 bridgehead atoms. The maximum atomic E-state index is 10.8. The summed E-state index contributed by atoms with van der Waals surface area (Å²) in [6.45, 7) is 6.41. The number of pyridine rings is 1. The molecule has 0 aliphatic heterocycles. The van der Waals surface area contributed by atoms with Gasteiger partial charge in [0.1, 0.15) is 5.82 Å². The number of rotatable bonds is 8. The highest BCUT2D eigenvalue weighted by Crippen LogP contribution is 2.06. The molecule has 1 aromatic heterocycles. The lowest BCUT2D eigenvalue weighted by molar-refractivity contribution is 0.0697. The molecule has 0 saturated carbocycles. The van der Waals surface area contributed by atoms with Crippen LogP contribution in [-0.2, 0) is 4.74 Å². The van der Waals surface area contributed by atoms with Crippen LogP contribution >= 0.6 is 0 Å². The van der Waals surface area contributed by atoms with Crippen molar-refractivity contribution in [2.75, 3.05) is 25.1 Å². The van der Waals surface area contributed by atoms with Crippen molar-refractivity contribution in [2.45, 2.75) is 20.3 Å². The maximum absolute atomic E-state index is 10.8. The number of nitrogens with one attached hydrogen (secondary N) is 1. The number of carboxylic acids is 1. The molecule has 0 saturated heterocycles. The SMILES string of the molecule is CC(C)COCCCNc1cc(C(=O)O)ccn1. The molecule has 100 valence electrons. The fraction of sp³-hybridized carbons (Fsp3) is 0.538. The van der Waals surface area contributed by atoms with Gasteiger partial charge in [-0.15, -0.1) is 0 Å². The smallest absolute Gasteiger partial charge is 0.335 e. The number of carboxylic acid groups (broad SMARTS) is 1. The standard InChI is InChI=1S/C13H20N2O3/c1-10(2)9-18-7-3-5-14-12-8-11(13(16)17)4-6-15-12/h4,6,8,10H,3,5,7,9H2,1-2H3,(H,14,15)(H,16,17). The van der Waals surface area contributed by atoms with Gasteiger partial charge in [-0.2, -0.15) is 0 Å². The summed E-state index contributed by atoms with van der Waals surface area (Å²) in [4.78, 5) is 14.8. The molecule has 0 unspecified atom stereocenters. The normalized spacial score (nSPS) is 10.6. The number of ether oxygens (including phenoxy) is 1. The molecule has 1 rings (SSSR count). The van der Waals surface area contributed by atoms with Gasteiger partial charge in [0.05, 0.1) is 5.56 Å². The minimum atomic E-state index is -0.944. The van der Waals surface area contributed by atoms with Gasteiger partial charge in [0.2, 0.25) is 0 Å². The van der Waals surface area contributed by atoms with Gasteiger partial charge in [-0.05, 0) is 24.5 Å². The Morgan fingerprint density at radius 2 is 2.33 bits per heavy atom. The zero-order valence-electron chi connectivity index (χ0n) is 10.8. The molecule has 0 fully saturated rings. The first-order chi connectivity index (χ1) is 8.59. The quantitative estimate of drug-likeness (QED) is 0.694. The van der Waals surface area contributed by atoms with Crippen molar-refractivity contribution in [3.05, 3.63) is 23.9 Å². The van der Waals surface area contributed by atoms with Crippen LogP contribution in [0.3, 0.4) is 0 Å². The fourth-order valence-electron chi connectivity index (χ4n) is 1.37. The van der Waals surface area contributed by atoms with E-state index in [0.29, 0.717) is 24.9 Å². The second-order valence-corrected chi connectivity index (χ2v) is 4.48. The second-order valence-electron chi connectivity index (χ2n) is 4.48. The minimum absolute atomic E-state index is 0.239. The van der Waals surface area contributed by atoms with Crippen molar-refractivity contribution in [3.8, 4) is 0 Å². The molecule has 1 aromatic rings. The Hall–Kier alpha value is -1.62. The summed E-state index contributed by atoms with van der Waals surface area (Å²) in [6, 6.07) is 3.00. The van der Waals surface area contributed by atoms with Crippen molar-refractivity contribution >= 4 is 11.8 Å². The molecule has 5 nitrogen and oxygen atoms in total. The Morgan fingerprint density at radius 3 is 3.00 bits per heavy atom. The van der Waals surface area contributed by atoms with Crippen LogP contribution in [0.5, 0.6) is 0 Å². The highest BCUT2D eigenvalue weighted by atomic mass is 16.5. The number of anilines is 1. The van der Waals surface area contributed by atoms with Crippen LogP contribution in [0.4, 0.5) is 5.82 Å². The molecule has 5 heteroatoms. The Balaban J connectivity index is 2.23. The lowest BCUT2D eigenvalue weighted by atomic mass is 10.2. The molecule has 0 spiro atoms. The molecule has 0 radical (unpaired) electrons. The first-order valence-corrected chi connectivity index (χ1v) is 6.10. The highest BCUT2D eigenvalue weighted by molar-refractivity contribution is 5.88. The lowest BCUT2D eigenvalue weighted by Gasteiger charge is -2.08. The fourth-order valence-corrected chi connectivity index (χ4v) is 1.37. The van der Waals surface area contributed by atoms with E-state index < -0.39 is 5.97 Å². The number of aromatic nitrogens is 1. The molecule has 2 N–H and O–H groups in total. The van der Waals surface area contributed by atoms with E-state index in [0.717, 1.165) is 13.0 Å². The molecule has 0 aliphatic carbocycles. The first kappa shape index (κ1) is 14.4. The van der Waals surface area contributed by atoms with Crippen molar-refractivity contribution in [1.29, 1.82) is 0 Å². The Kier molecular flexibility index (Phi) is 6.14. The van der Waals surface area contributed by atoms with Gasteiger partial charge >= 0.3 is 5.97 Å². The predicted octanol–water partition coefficient (Wildman–Crippen LogP) is 2.25. The summed E-state index contributed by atoms with van der Waals surface area (Å²) < 4.78 is 5.44. The summed E-state index contributed by atoms with van der Waals surface area (Å²) in [5, 5.41) is 11.9. The predicted molar refractivity (Wildman–Crippen MR) is 70.0 cm³/mol. The van der Waals surface area contributed by atoms with E-state index in [4.69, 9.17) is 9.84 Å². The maximum Gasteiger partial charge on any atom is 0.335 e.